The largest absolute Gasteiger partial charge is 0.478 e. The van der Waals surface area contributed by atoms with Crippen LogP contribution in [0.2, 0.25) is 10.0 Å². The Bertz CT molecular complexity index is 916. The van der Waals surface area contributed by atoms with Crippen LogP contribution in [-0.4, -0.2) is 33.6 Å². The minimum absolute atomic E-state index is 0.0414. The van der Waals surface area contributed by atoms with Crippen LogP contribution in [0.15, 0.2) is 24.5 Å². The lowest BCUT2D eigenvalue weighted by atomic mass is 9.91. The van der Waals surface area contributed by atoms with Crippen LogP contribution in [0.1, 0.15) is 80.6 Å². The van der Waals surface area contributed by atoms with Gasteiger partial charge in [0, 0.05) is 34.6 Å². The first-order valence-electron chi connectivity index (χ1n) is 9.41. The third-order valence-corrected chi connectivity index (χ3v) is 4.59. The van der Waals surface area contributed by atoms with Crippen LogP contribution < -0.4 is 0 Å². The van der Waals surface area contributed by atoms with Gasteiger partial charge in [0.2, 0.25) is 0 Å². The van der Waals surface area contributed by atoms with Gasteiger partial charge in [-0.25, -0.2) is 9.59 Å². The van der Waals surface area contributed by atoms with E-state index in [0.717, 1.165) is 11.4 Å². The highest BCUT2D eigenvalue weighted by Gasteiger charge is 2.20. The van der Waals surface area contributed by atoms with Gasteiger partial charge in [0.15, 0.2) is 0 Å². The average Bonchev–Trinajstić information content (AvgIpc) is 2.60. The van der Waals surface area contributed by atoms with Crippen molar-refractivity contribution >= 4 is 35.1 Å². The van der Waals surface area contributed by atoms with E-state index in [4.69, 9.17) is 33.0 Å². The molecular formula is C22H28Cl2N2O4. The Morgan fingerprint density at radius 3 is 1.60 bits per heavy atom. The number of carboxylic acids is 1. The molecule has 1 N–H and O–H groups in total. The molecule has 2 aromatic heterocycles. The molecule has 2 aromatic rings. The van der Waals surface area contributed by atoms with E-state index in [2.05, 4.69) is 9.97 Å². The molecule has 164 valence electrons. The fraction of sp³-hybridized carbons (Fsp3) is 0.455. The molecule has 0 saturated heterocycles. The fourth-order valence-electron chi connectivity index (χ4n) is 2.20. The smallest absolute Gasteiger partial charge is 0.341 e. The number of aromatic nitrogens is 2. The van der Waals surface area contributed by atoms with Crippen LogP contribution in [-0.2, 0) is 15.6 Å². The highest BCUT2D eigenvalue weighted by molar-refractivity contribution is 6.33. The topological polar surface area (TPSA) is 89.4 Å². The molecule has 0 aliphatic carbocycles. The maximum Gasteiger partial charge on any atom is 0.341 e. The normalized spacial score (nSPS) is 11.4. The summed E-state index contributed by atoms with van der Waals surface area (Å²) in [6.45, 7) is 14.2. The number of aromatic carboxylic acids is 1. The zero-order chi connectivity index (χ0) is 23.3. The van der Waals surface area contributed by atoms with E-state index in [1.807, 2.05) is 41.5 Å². The molecule has 0 radical (unpaired) electrons. The second kappa shape index (κ2) is 10.2. The summed E-state index contributed by atoms with van der Waals surface area (Å²) in [7, 11) is 0. The monoisotopic (exact) mass is 454 g/mol. The van der Waals surface area contributed by atoms with E-state index >= 15 is 0 Å². The van der Waals surface area contributed by atoms with Gasteiger partial charge in [-0.05, 0) is 19.1 Å². The highest BCUT2D eigenvalue weighted by atomic mass is 35.5. The molecule has 0 bridgehead atoms. The lowest BCUT2D eigenvalue weighted by molar-refractivity contribution is 0.0525. The zero-order valence-corrected chi connectivity index (χ0v) is 19.9. The van der Waals surface area contributed by atoms with Gasteiger partial charge in [0.1, 0.15) is 0 Å². The van der Waals surface area contributed by atoms with Gasteiger partial charge in [0.05, 0.1) is 27.8 Å². The predicted molar refractivity (Wildman–Crippen MR) is 119 cm³/mol. The Morgan fingerprint density at radius 2 is 1.30 bits per heavy atom. The van der Waals surface area contributed by atoms with Crippen molar-refractivity contribution in [1.29, 1.82) is 0 Å². The van der Waals surface area contributed by atoms with Gasteiger partial charge in [-0.15, -0.1) is 0 Å². The number of esters is 1. The Balaban J connectivity index is 0.000000303. The Labute approximate surface area is 187 Å². The van der Waals surface area contributed by atoms with E-state index in [-0.39, 0.29) is 21.4 Å². The number of carboxylic acid groups (broad SMARTS) is 1. The number of hydrogen-bond donors (Lipinski definition) is 1. The van der Waals surface area contributed by atoms with E-state index in [1.54, 1.807) is 19.1 Å². The number of pyridine rings is 2. The molecule has 0 aliphatic heterocycles. The summed E-state index contributed by atoms with van der Waals surface area (Å²) in [4.78, 5) is 30.4. The maximum atomic E-state index is 11.5. The maximum absolute atomic E-state index is 11.5. The third kappa shape index (κ3) is 7.26. The molecule has 6 nitrogen and oxygen atoms in total. The van der Waals surface area contributed by atoms with Crippen LogP contribution in [0.4, 0.5) is 0 Å². The SMILES string of the molecule is CC(C)(C)c1cc(Cl)c(C(=O)O)cn1.CCOC(=O)c1cnc(C(C)(C)C)cc1Cl. The summed E-state index contributed by atoms with van der Waals surface area (Å²) in [5.41, 5.74) is 1.78. The summed E-state index contributed by atoms with van der Waals surface area (Å²) in [5.74, 6) is -1.48. The van der Waals surface area contributed by atoms with Crippen LogP contribution in [0.25, 0.3) is 0 Å². The van der Waals surface area contributed by atoms with Gasteiger partial charge in [-0.2, -0.15) is 0 Å². The van der Waals surface area contributed by atoms with E-state index < -0.39 is 11.9 Å². The molecule has 2 rings (SSSR count). The molecule has 0 fully saturated rings. The van der Waals surface area contributed by atoms with Crippen molar-refractivity contribution in [3.63, 3.8) is 0 Å². The van der Waals surface area contributed by atoms with E-state index in [1.165, 1.54) is 12.4 Å². The van der Waals surface area contributed by atoms with Crippen molar-refractivity contribution in [2.75, 3.05) is 6.61 Å². The van der Waals surface area contributed by atoms with Crippen LogP contribution in [0, 0.1) is 0 Å². The van der Waals surface area contributed by atoms with Crippen molar-refractivity contribution in [1.82, 2.24) is 9.97 Å². The minimum Gasteiger partial charge on any atom is -0.478 e. The number of ether oxygens (including phenoxy) is 1. The molecule has 0 unspecified atom stereocenters. The molecule has 30 heavy (non-hydrogen) atoms. The summed E-state index contributed by atoms with van der Waals surface area (Å²) in [5, 5.41) is 9.36. The molecule has 0 atom stereocenters. The first-order chi connectivity index (χ1) is 13.7. The summed E-state index contributed by atoms with van der Waals surface area (Å²) in [6, 6.07) is 3.32. The summed E-state index contributed by atoms with van der Waals surface area (Å²) < 4.78 is 4.87. The van der Waals surface area contributed by atoms with Gasteiger partial charge in [-0.1, -0.05) is 64.7 Å². The van der Waals surface area contributed by atoms with Crippen LogP contribution in [0.5, 0.6) is 0 Å². The molecule has 0 saturated carbocycles. The second-order valence-electron chi connectivity index (χ2n) is 8.62. The summed E-state index contributed by atoms with van der Waals surface area (Å²) in [6.07, 6.45) is 2.77. The lowest BCUT2D eigenvalue weighted by Gasteiger charge is -2.18. The molecule has 0 spiro atoms. The fourth-order valence-corrected chi connectivity index (χ4v) is 2.66. The number of halogens is 2. The van der Waals surface area contributed by atoms with Crippen molar-refractivity contribution in [3.05, 3.63) is 57.1 Å². The standard InChI is InChI=1S/C12H16ClNO2.C10H12ClNO2/c1-5-16-11(15)8-7-14-10(6-9(8)13)12(2,3)4;1-10(2,3)8-4-7(11)6(5-12-8)9(13)14/h6-7H,5H2,1-4H3;4-5H,1-3H3,(H,13,14). The summed E-state index contributed by atoms with van der Waals surface area (Å²) >= 11 is 11.8. The van der Waals surface area contributed by atoms with Crippen molar-refractivity contribution in [2.45, 2.75) is 59.3 Å². The Kier molecular flexibility index (Phi) is 8.81. The number of carbonyl (C=O) groups is 2. The Hall–Kier alpha value is -2.18. The van der Waals surface area contributed by atoms with Gasteiger partial charge >= 0.3 is 11.9 Å². The quantitative estimate of drug-likeness (QED) is 0.576. The van der Waals surface area contributed by atoms with Crippen LogP contribution >= 0.6 is 23.2 Å². The van der Waals surface area contributed by atoms with Gasteiger partial charge < -0.3 is 9.84 Å². The van der Waals surface area contributed by atoms with Crippen LogP contribution in [0.3, 0.4) is 0 Å². The molecular weight excluding hydrogens is 427 g/mol. The van der Waals surface area contributed by atoms with Gasteiger partial charge in [0.25, 0.3) is 0 Å². The first kappa shape index (κ1) is 25.9. The predicted octanol–water partition coefficient (Wildman–Crippen LogP) is 5.94. The molecule has 0 amide bonds. The Morgan fingerprint density at radius 1 is 0.900 bits per heavy atom. The third-order valence-electron chi connectivity index (χ3n) is 3.97. The molecule has 2 heterocycles. The number of hydrogen-bond acceptors (Lipinski definition) is 5. The average molecular weight is 455 g/mol. The second-order valence-corrected chi connectivity index (χ2v) is 9.44. The van der Waals surface area contributed by atoms with Crippen molar-refractivity contribution in [3.8, 4) is 0 Å². The minimum atomic E-state index is -1.05. The molecule has 0 aliphatic rings. The molecule has 8 heteroatoms. The van der Waals surface area contributed by atoms with Crippen molar-refractivity contribution in [2.24, 2.45) is 0 Å². The van der Waals surface area contributed by atoms with Crippen molar-refractivity contribution < 1.29 is 19.4 Å². The lowest BCUT2D eigenvalue weighted by Crippen LogP contribution is -2.15. The number of carbonyl (C=O) groups excluding carboxylic acids is 1. The highest BCUT2D eigenvalue weighted by Crippen LogP contribution is 2.26. The van der Waals surface area contributed by atoms with E-state index in [0.29, 0.717) is 17.2 Å². The number of rotatable bonds is 3. The van der Waals surface area contributed by atoms with E-state index in [9.17, 15) is 9.59 Å². The van der Waals surface area contributed by atoms with Gasteiger partial charge in [-0.3, -0.25) is 9.97 Å². The molecule has 0 aromatic carbocycles. The first-order valence-corrected chi connectivity index (χ1v) is 10.2. The number of nitrogens with zero attached hydrogens (tertiary/aromatic N) is 2. The zero-order valence-electron chi connectivity index (χ0n) is 18.3.